The maximum absolute atomic E-state index is 14.8. The average Bonchev–Trinajstić information content (AvgIpc) is 3.53. The molecule has 2 aromatic heterocycles. The predicted octanol–water partition coefficient (Wildman–Crippen LogP) is 3.45. The van der Waals surface area contributed by atoms with E-state index in [0.29, 0.717) is 23.1 Å². The molecule has 168 valence electrons. The van der Waals surface area contributed by atoms with Crippen molar-refractivity contribution >= 4 is 23.4 Å². The van der Waals surface area contributed by atoms with E-state index in [1.165, 1.54) is 18.2 Å². The van der Waals surface area contributed by atoms with Crippen LogP contribution in [-0.4, -0.2) is 27.6 Å². The summed E-state index contributed by atoms with van der Waals surface area (Å²) in [5.41, 5.74) is 7.63. The summed E-state index contributed by atoms with van der Waals surface area (Å²) in [5, 5.41) is 15.9. The minimum Gasteiger partial charge on any atom is -0.363 e. The Morgan fingerprint density at radius 3 is 2.66 bits per heavy atom. The van der Waals surface area contributed by atoms with Crippen molar-refractivity contribution in [1.82, 2.24) is 20.5 Å². The van der Waals surface area contributed by atoms with Gasteiger partial charge in [-0.2, -0.15) is 5.10 Å². The molecule has 1 saturated carbocycles. The number of nitrogens with zero attached hydrogens (tertiary/aromatic N) is 2. The molecule has 1 aliphatic rings. The van der Waals surface area contributed by atoms with Crippen molar-refractivity contribution in [2.24, 2.45) is 5.73 Å². The number of nitrogens with two attached hydrogens (primary N) is 1. The van der Waals surface area contributed by atoms with E-state index in [4.69, 9.17) is 5.73 Å². The molecule has 8 nitrogen and oxygen atoms in total. The minimum absolute atomic E-state index is 0.00144. The smallest absolute Gasteiger partial charge is 0.234 e. The second kappa shape index (κ2) is 9.31. The number of halogens is 2. The lowest BCUT2D eigenvalue weighted by molar-refractivity contribution is -0.119. The van der Waals surface area contributed by atoms with Crippen LogP contribution in [0.25, 0.3) is 0 Å². The second-order valence-electron chi connectivity index (χ2n) is 7.83. The molecule has 3 aromatic rings. The summed E-state index contributed by atoms with van der Waals surface area (Å²) >= 11 is 0. The third-order valence-corrected chi connectivity index (χ3v) is 5.30. The van der Waals surface area contributed by atoms with Crippen molar-refractivity contribution in [3.8, 4) is 0 Å². The Kier molecular flexibility index (Phi) is 6.31. The predicted molar refractivity (Wildman–Crippen MR) is 117 cm³/mol. The first kappa shape index (κ1) is 21.7. The van der Waals surface area contributed by atoms with Gasteiger partial charge in [-0.15, -0.1) is 0 Å². The fraction of sp³-hybridized carbons (Fsp3) is 0.318. The van der Waals surface area contributed by atoms with Crippen molar-refractivity contribution < 1.29 is 13.6 Å². The Hall–Kier alpha value is -3.53. The van der Waals surface area contributed by atoms with Crippen LogP contribution in [-0.2, 0) is 11.3 Å². The molecule has 0 unspecified atom stereocenters. The van der Waals surface area contributed by atoms with Crippen LogP contribution in [0.15, 0.2) is 36.4 Å². The molecular weight excluding hydrogens is 416 g/mol. The van der Waals surface area contributed by atoms with Crippen molar-refractivity contribution in [2.75, 3.05) is 17.2 Å². The summed E-state index contributed by atoms with van der Waals surface area (Å²) in [5.74, 6) is 0.0510. The van der Waals surface area contributed by atoms with E-state index in [1.54, 1.807) is 12.1 Å². The Morgan fingerprint density at radius 2 is 1.97 bits per heavy atom. The fourth-order valence-electron chi connectivity index (χ4n) is 3.31. The van der Waals surface area contributed by atoms with Gasteiger partial charge in [-0.05, 0) is 43.5 Å². The molecule has 1 fully saturated rings. The molecule has 1 aliphatic carbocycles. The van der Waals surface area contributed by atoms with Gasteiger partial charge >= 0.3 is 0 Å². The average molecular weight is 441 g/mol. The van der Waals surface area contributed by atoms with Gasteiger partial charge in [0.2, 0.25) is 5.91 Å². The van der Waals surface area contributed by atoms with Gasteiger partial charge in [0.05, 0.1) is 6.54 Å². The highest BCUT2D eigenvalue weighted by Crippen LogP contribution is 2.39. The van der Waals surface area contributed by atoms with E-state index >= 15 is 0 Å². The van der Waals surface area contributed by atoms with E-state index in [0.717, 1.165) is 24.1 Å². The van der Waals surface area contributed by atoms with Gasteiger partial charge in [-0.3, -0.25) is 9.89 Å². The number of hydrogen-bond donors (Lipinski definition) is 5. The number of hydrogen-bond acceptors (Lipinski definition) is 6. The van der Waals surface area contributed by atoms with E-state index < -0.39 is 5.82 Å². The van der Waals surface area contributed by atoms with Crippen LogP contribution >= 0.6 is 0 Å². The fourth-order valence-corrected chi connectivity index (χ4v) is 3.31. The standard InChI is InChI=1S/C22H25F2N7O/c1-12(13-4-6-16(23)7-5-13)27-21-15(11-26-20(32)10-25)8-17(24)22(29-21)28-19-9-18(30-31-19)14-2-3-14/h4-9,12,14H,2-3,10-11,25H2,1H3,(H,26,32)(H3,27,28,29,30,31)/t12-/m0/s1. The molecule has 0 bridgehead atoms. The molecule has 0 spiro atoms. The van der Waals surface area contributed by atoms with Gasteiger partial charge in [0.1, 0.15) is 11.6 Å². The second-order valence-corrected chi connectivity index (χ2v) is 7.83. The Bertz CT molecular complexity index is 1100. The Labute approximate surface area is 184 Å². The maximum atomic E-state index is 14.8. The molecule has 10 heteroatoms. The number of nitrogens with one attached hydrogen (secondary N) is 4. The van der Waals surface area contributed by atoms with Gasteiger partial charge < -0.3 is 21.7 Å². The molecule has 6 N–H and O–H groups in total. The summed E-state index contributed by atoms with van der Waals surface area (Å²) in [6.45, 7) is 1.75. The van der Waals surface area contributed by atoms with E-state index in [-0.39, 0.29) is 36.7 Å². The number of rotatable bonds is 9. The summed E-state index contributed by atoms with van der Waals surface area (Å²) in [4.78, 5) is 16.0. The van der Waals surface area contributed by atoms with Crippen LogP contribution in [0.3, 0.4) is 0 Å². The highest BCUT2D eigenvalue weighted by atomic mass is 19.1. The number of carbonyl (C=O) groups excluding carboxylic acids is 1. The molecule has 1 amide bonds. The maximum Gasteiger partial charge on any atom is 0.234 e. The monoisotopic (exact) mass is 441 g/mol. The first-order valence-electron chi connectivity index (χ1n) is 10.4. The summed E-state index contributed by atoms with van der Waals surface area (Å²) in [6, 6.07) is 8.97. The first-order valence-corrected chi connectivity index (χ1v) is 10.4. The largest absolute Gasteiger partial charge is 0.363 e. The zero-order valence-corrected chi connectivity index (χ0v) is 17.6. The zero-order valence-electron chi connectivity index (χ0n) is 17.6. The molecule has 2 heterocycles. The van der Waals surface area contributed by atoms with Crippen molar-refractivity contribution in [1.29, 1.82) is 0 Å². The molecule has 1 aromatic carbocycles. The van der Waals surface area contributed by atoms with Crippen LogP contribution in [0.2, 0.25) is 0 Å². The minimum atomic E-state index is -0.585. The Balaban J connectivity index is 1.59. The van der Waals surface area contributed by atoms with Crippen LogP contribution < -0.4 is 21.7 Å². The lowest BCUT2D eigenvalue weighted by Gasteiger charge is -2.19. The molecule has 0 saturated heterocycles. The van der Waals surface area contributed by atoms with Crippen LogP contribution in [0.1, 0.15) is 48.5 Å². The lowest BCUT2D eigenvalue weighted by Crippen LogP contribution is -2.30. The molecule has 0 radical (unpaired) electrons. The normalized spacial score (nSPS) is 14.1. The molecule has 0 aliphatic heterocycles. The number of amides is 1. The number of H-pyrrole nitrogens is 1. The topological polar surface area (TPSA) is 121 Å². The van der Waals surface area contributed by atoms with Crippen molar-refractivity contribution in [2.45, 2.75) is 38.3 Å². The number of pyridine rings is 1. The number of benzene rings is 1. The molecule has 1 atom stereocenters. The number of anilines is 3. The molecule has 4 rings (SSSR count). The Morgan fingerprint density at radius 1 is 1.22 bits per heavy atom. The van der Waals surface area contributed by atoms with Gasteiger partial charge in [-0.1, -0.05) is 12.1 Å². The summed E-state index contributed by atoms with van der Waals surface area (Å²) in [7, 11) is 0. The first-order chi connectivity index (χ1) is 15.4. The van der Waals surface area contributed by atoms with E-state index in [1.807, 2.05) is 13.0 Å². The third-order valence-electron chi connectivity index (χ3n) is 5.30. The SMILES string of the molecule is C[C@H](Nc1nc(Nc2cc(C3CC3)[nH]n2)c(F)cc1CNC(=O)CN)c1ccc(F)cc1. The van der Waals surface area contributed by atoms with Crippen LogP contribution in [0, 0.1) is 11.6 Å². The quantitative estimate of drug-likeness (QED) is 0.347. The van der Waals surface area contributed by atoms with Gasteiger partial charge in [0.25, 0.3) is 0 Å². The number of aromatic amines is 1. The van der Waals surface area contributed by atoms with Gasteiger partial charge in [0.15, 0.2) is 17.5 Å². The van der Waals surface area contributed by atoms with Crippen LogP contribution in [0.5, 0.6) is 0 Å². The summed E-state index contributed by atoms with van der Waals surface area (Å²) in [6.07, 6.45) is 2.24. The highest BCUT2D eigenvalue weighted by molar-refractivity contribution is 5.78. The highest BCUT2D eigenvalue weighted by Gasteiger charge is 2.26. The number of aromatic nitrogens is 3. The van der Waals surface area contributed by atoms with Gasteiger partial charge in [-0.25, -0.2) is 13.8 Å². The number of carbonyl (C=O) groups is 1. The molecule has 32 heavy (non-hydrogen) atoms. The van der Waals surface area contributed by atoms with Crippen molar-refractivity contribution in [3.63, 3.8) is 0 Å². The van der Waals surface area contributed by atoms with Crippen molar-refractivity contribution in [3.05, 3.63) is 64.9 Å². The van der Waals surface area contributed by atoms with Gasteiger partial charge in [0, 0.05) is 35.8 Å². The van der Waals surface area contributed by atoms with E-state index in [2.05, 4.69) is 31.1 Å². The van der Waals surface area contributed by atoms with Crippen LogP contribution in [0.4, 0.5) is 26.2 Å². The lowest BCUT2D eigenvalue weighted by atomic mass is 10.1. The molecular formula is C22H25F2N7O. The summed E-state index contributed by atoms with van der Waals surface area (Å²) < 4.78 is 28.1. The third kappa shape index (κ3) is 5.20. The van der Waals surface area contributed by atoms with E-state index in [9.17, 15) is 13.6 Å². The zero-order chi connectivity index (χ0) is 22.7.